The number of fused-ring (bicyclic) bond motifs is 1. The van der Waals surface area contributed by atoms with Crippen LogP contribution in [0.1, 0.15) is 36.7 Å². The van der Waals surface area contributed by atoms with Gasteiger partial charge in [-0.1, -0.05) is 5.21 Å². The number of aromatic nitrogens is 5. The van der Waals surface area contributed by atoms with Crippen LogP contribution >= 0.6 is 0 Å². The van der Waals surface area contributed by atoms with Crippen molar-refractivity contribution >= 4 is 17.5 Å². The molecule has 0 aliphatic rings. The van der Waals surface area contributed by atoms with E-state index in [0.717, 1.165) is 23.9 Å². The zero-order valence-electron chi connectivity index (χ0n) is 13.1. The van der Waals surface area contributed by atoms with Gasteiger partial charge in [0, 0.05) is 27.1 Å². The van der Waals surface area contributed by atoms with E-state index >= 15 is 0 Å². The van der Waals surface area contributed by atoms with Crippen molar-refractivity contribution in [3.63, 3.8) is 0 Å². The van der Waals surface area contributed by atoms with Crippen LogP contribution in [0.3, 0.4) is 0 Å². The van der Waals surface area contributed by atoms with Crippen molar-refractivity contribution in [1.82, 2.24) is 35.0 Å². The lowest BCUT2D eigenvalue weighted by atomic mass is 10.2. The Morgan fingerprint density at radius 2 is 1.87 bits per heavy atom. The van der Waals surface area contributed by atoms with E-state index in [9.17, 15) is 14.4 Å². The normalized spacial score (nSPS) is 10.7. The van der Waals surface area contributed by atoms with Crippen molar-refractivity contribution in [3.05, 3.63) is 22.5 Å². The predicted molar refractivity (Wildman–Crippen MR) is 80.9 cm³/mol. The standard InChI is InChI=1S/C13H19N7O3/c1-9(21)14-6-4-3-5-7-15-12(22)10-11-17-18-19(2)13(23)20(11)8-16-10/h8H,3-7H2,1-2H3,(H,14,21)(H,15,22). The summed E-state index contributed by atoms with van der Waals surface area (Å²) < 4.78 is 2.24. The Hall–Kier alpha value is -2.78. The first kappa shape index (κ1) is 16.6. The molecule has 10 heteroatoms. The van der Waals surface area contributed by atoms with E-state index in [2.05, 4.69) is 25.9 Å². The molecule has 0 aliphatic heterocycles. The number of nitrogens with zero attached hydrogens (tertiary/aromatic N) is 5. The molecule has 2 aromatic rings. The van der Waals surface area contributed by atoms with Crippen LogP contribution in [0.25, 0.3) is 5.65 Å². The molecule has 0 aromatic carbocycles. The lowest BCUT2D eigenvalue weighted by Crippen LogP contribution is -2.29. The number of imidazole rings is 1. The van der Waals surface area contributed by atoms with E-state index in [4.69, 9.17) is 0 Å². The van der Waals surface area contributed by atoms with Gasteiger partial charge in [-0.2, -0.15) is 4.68 Å². The molecule has 2 N–H and O–H groups in total. The molecule has 0 radical (unpaired) electrons. The highest BCUT2D eigenvalue weighted by Crippen LogP contribution is 2.02. The Labute approximate surface area is 131 Å². The molecular weight excluding hydrogens is 302 g/mol. The maximum Gasteiger partial charge on any atom is 0.352 e. The molecule has 124 valence electrons. The molecule has 2 amide bonds. The molecule has 2 rings (SSSR count). The van der Waals surface area contributed by atoms with Crippen LogP contribution in [-0.4, -0.2) is 49.3 Å². The summed E-state index contributed by atoms with van der Waals surface area (Å²) in [7, 11) is 1.47. The fraction of sp³-hybridized carbons (Fsp3) is 0.538. The highest BCUT2D eigenvalue weighted by molar-refractivity contribution is 5.97. The first-order valence-electron chi connectivity index (χ1n) is 7.30. The van der Waals surface area contributed by atoms with Gasteiger partial charge in [0.1, 0.15) is 6.33 Å². The summed E-state index contributed by atoms with van der Waals surface area (Å²) in [6.45, 7) is 2.59. The summed E-state index contributed by atoms with van der Waals surface area (Å²) in [4.78, 5) is 38.5. The summed E-state index contributed by atoms with van der Waals surface area (Å²) in [6.07, 6.45) is 3.77. The van der Waals surface area contributed by atoms with Crippen LogP contribution < -0.4 is 16.3 Å². The molecule has 0 atom stereocenters. The van der Waals surface area contributed by atoms with Crippen molar-refractivity contribution in [2.45, 2.75) is 26.2 Å². The Balaban J connectivity index is 1.84. The molecule has 0 fully saturated rings. The predicted octanol–water partition coefficient (Wildman–Crippen LogP) is -1.14. The maximum atomic E-state index is 12.1. The van der Waals surface area contributed by atoms with E-state index in [0.29, 0.717) is 13.1 Å². The number of rotatable bonds is 7. The number of carbonyl (C=O) groups is 2. The van der Waals surface area contributed by atoms with Crippen LogP contribution in [0, 0.1) is 0 Å². The summed E-state index contributed by atoms with van der Waals surface area (Å²) in [6, 6.07) is 0. The highest BCUT2D eigenvalue weighted by atomic mass is 16.2. The summed E-state index contributed by atoms with van der Waals surface area (Å²) >= 11 is 0. The fourth-order valence-electron chi connectivity index (χ4n) is 2.02. The van der Waals surface area contributed by atoms with Crippen LogP contribution in [0.5, 0.6) is 0 Å². The maximum absolute atomic E-state index is 12.1. The van der Waals surface area contributed by atoms with Crippen molar-refractivity contribution in [2.75, 3.05) is 13.1 Å². The van der Waals surface area contributed by atoms with Gasteiger partial charge in [0.15, 0.2) is 11.3 Å². The van der Waals surface area contributed by atoms with E-state index in [1.807, 2.05) is 0 Å². The van der Waals surface area contributed by atoms with Gasteiger partial charge < -0.3 is 10.6 Å². The average Bonchev–Trinajstić information content (AvgIpc) is 2.94. The van der Waals surface area contributed by atoms with E-state index in [1.54, 1.807) is 0 Å². The van der Waals surface area contributed by atoms with Gasteiger partial charge in [-0.05, 0) is 19.3 Å². The molecule has 10 nitrogen and oxygen atoms in total. The SMILES string of the molecule is CC(=O)NCCCCCNC(=O)c1ncn2c(=O)n(C)nnc12. The summed E-state index contributed by atoms with van der Waals surface area (Å²) in [5.74, 6) is -0.436. The summed E-state index contributed by atoms with van der Waals surface area (Å²) in [5.41, 5.74) is -0.204. The number of aryl methyl sites for hydroxylation is 1. The summed E-state index contributed by atoms with van der Waals surface area (Å²) in [5, 5.41) is 12.9. The Morgan fingerprint density at radius 1 is 1.17 bits per heavy atom. The third-order valence-corrected chi connectivity index (χ3v) is 3.23. The smallest absolute Gasteiger partial charge is 0.352 e. The number of amides is 2. The molecule has 0 spiro atoms. The first-order valence-corrected chi connectivity index (χ1v) is 7.30. The molecule has 23 heavy (non-hydrogen) atoms. The van der Waals surface area contributed by atoms with Gasteiger partial charge in [-0.15, -0.1) is 5.10 Å². The van der Waals surface area contributed by atoms with Crippen LogP contribution in [-0.2, 0) is 11.8 Å². The molecule has 0 aliphatic carbocycles. The van der Waals surface area contributed by atoms with E-state index in [-0.39, 0.29) is 17.2 Å². The second kappa shape index (κ2) is 7.47. The second-order valence-electron chi connectivity index (χ2n) is 5.08. The lowest BCUT2D eigenvalue weighted by Gasteiger charge is -2.04. The molecule has 0 saturated heterocycles. The van der Waals surface area contributed by atoms with Crippen molar-refractivity contribution < 1.29 is 9.59 Å². The Kier molecular flexibility index (Phi) is 5.39. The van der Waals surface area contributed by atoms with E-state index < -0.39 is 11.6 Å². The van der Waals surface area contributed by atoms with Gasteiger partial charge in [-0.3, -0.25) is 9.59 Å². The third-order valence-electron chi connectivity index (χ3n) is 3.23. The molecule has 0 bridgehead atoms. The average molecular weight is 321 g/mol. The van der Waals surface area contributed by atoms with Crippen molar-refractivity contribution in [2.24, 2.45) is 7.05 Å². The van der Waals surface area contributed by atoms with Gasteiger partial charge in [0.2, 0.25) is 5.91 Å². The van der Waals surface area contributed by atoms with Gasteiger partial charge >= 0.3 is 5.69 Å². The van der Waals surface area contributed by atoms with Crippen LogP contribution in [0.15, 0.2) is 11.1 Å². The van der Waals surface area contributed by atoms with Gasteiger partial charge in [0.05, 0.1) is 0 Å². The number of nitrogens with one attached hydrogen (secondary N) is 2. The molecular formula is C13H19N7O3. The highest BCUT2D eigenvalue weighted by Gasteiger charge is 2.16. The molecule has 2 heterocycles. The lowest BCUT2D eigenvalue weighted by molar-refractivity contribution is -0.118. The minimum atomic E-state index is -0.417. The minimum absolute atomic E-state index is 0.0442. The Bertz CT molecular complexity index is 765. The zero-order chi connectivity index (χ0) is 16.8. The Morgan fingerprint density at radius 3 is 2.57 bits per heavy atom. The van der Waals surface area contributed by atoms with Crippen molar-refractivity contribution in [1.29, 1.82) is 0 Å². The number of hydrogen-bond donors (Lipinski definition) is 2. The van der Waals surface area contributed by atoms with Crippen LogP contribution in [0.2, 0.25) is 0 Å². The fourth-order valence-corrected chi connectivity index (χ4v) is 2.02. The first-order chi connectivity index (χ1) is 11.0. The van der Waals surface area contributed by atoms with Crippen LogP contribution in [0.4, 0.5) is 0 Å². The van der Waals surface area contributed by atoms with Gasteiger partial charge in [-0.25, -0.2) is 14.2 Å². The van der Waals surface area contributed by atoms with E-state index in [1.165, 1.54) is 24.7 Å². The van der Waals surface area contributed by atoms with Gasteiger partial charge in [0.25, 0.3) is 5.91 Å². The number of hydrogen-bond acceptors (Lipinski definition) is 6. The molecule has 0 unspecified atom stereocenters. The number of carbonyl (C=O) groups excluding carboxylic acids is 2. The molecule has 0 saturated carbocycles. The number of unbranched alkanes of at least 4 members (excludes halogenated alkanes) is 2. The molecule has 2 aromatic heterocycles. The monoisotopic (exact) mass is 321 g/mol. The van der Waals surface area contributed by atoms with Crippen molar-refractivity contribution in [3.8, 4) is 0 Å². The minimum Gasteiger partial charge on any atom is -0.356 e. The largest absolute Gasteiger partial charge is 0.356 e. The topological polar surface area (TPSA) is 123 Å². The third kappa shape index (κ3) is 4.11. The second-order valence-corrected chi connectivity index (χ2v) is 5.08. The zero-order valence-corrected chi connectivity index (χ0v) is 13.1. The quantitative estimate of drug-likeness (QED) is 0.621.